The van der Waals surface area contributed by atoms with Gasteiger partial charge in [0.15, 0.2) is 5.83 Å². The smallest absolute Gasteiger partial charge is 0.341 e. The minimum Gasteiger partial charge on any atom is -0.478 e. The van der Waals surface area contributed by atoms with Crippen molar-refractivity contribution in [1.29, 1.82) is 0 Å². The molecular formula is C21H26FN3O3. The molecule has 1 saturated carbocycles. The number of carbonyl (C=O) groups is 2. The first kappa shape index (κ1) is 17.9. The lowest BCUT2D eigenvalue weighted by molar-refractivity contribution is -0.138. The summed E-state index contributed by atoms with van der Waals surface area (Å²) in [5.74, 6) is -1.44. The molecule has 1 aliphatic carbocycles. The van der Waals surface area contributed by atoms with E-state index in [1.807, 2.05) is 6.92 Å². The Kier molecular flexibility index (Phi) is 4.12. The average molecular weight is 387 g/mol. The Morgan fingerprint density at radius 3 is 2.71 bits per heavy atom. The van der Waals surface area contributed by atoms with Crippen molar-refractivity contribution >= 4 is 11.9 Å². The van der Waals surface area contributed by atoms with E-state index in [2.05, 4.69) is 10.2 Å². The zero-order valence-electron chi connectivity index (χ0n) is 16.0. The maximum absolute atomic E-state index is 15.2. The Bertz CT molecular complexity index is 815. The zero-order valence-corrected chi connectivity index (χ0v) is 16.0. The highest BCUT2D eigenvalue weighted by molar-refractivity contribution is 6.16. The van der Waals surface area contributed by atoms with Crippen LogP contribution in [0.5, 0.6) is 0 Å². The van der Waals surface area contributed by atoms with Crippen molar-refractivity contribution in [2.75, 3.05) is 19.6 Å². The van der Waals surface area contributed by atoms with E-state index in [0.29, 0.717) is 23.6 Å². The first-order chi connectivity index (χ1) is 13.5. The van der Waals surface area contributed by atoms with Crippen LogP contribution in [0.2, 0.25) is 0 Å². The molecule has 0 bridgehead atoms. The number of allylic oxidation sites excluding steroid dienone is 1. The topological polar surface area (TPSA) is 72.9 Å². The second-order valence-corrected chi connectivity index (χ2v) is 8.83. The minimum absolute atomic E-state index is 0.0637. The number of hydrogen-bond acceptors (Lipinski definition) is 4. The average Bonchev–Trinajstić information content (AvgIpc) is 3.41. The number of nitrogens with one attached hydrogen (secondary N) is 1. The molecule has 5 aliphatic rings. The van der Waals surface area contributed by atoms with Crippen molar-refractivity contribution in [1.82, 2.24) is 15.1 Å². The number of fused-ring (bicyclic) bond motifs is 2. The molecule has 2 unspecified atom stereocenters. The third-order valence-corrected chi connectivity index (χ3v) is 7.10. The van der Waals surface area contributed by atoms with Crippen LogP contribution in [0.15, 0.2) is 34.9 Å². The SMILES string of the molecule is CC1=C(N2C[C@H]3CCCN[C@H]3C2)C(F)=CN2C(=O)C(C(=O)O)=CC(C3CC3)C12. The lowest BCUT2D eigenvalue weighted by atomic mass is 9.81. The van der Waals surface area contributed by atoms with Crippen LogP contribution in [0.25, 0.3) is 0 Å². The number of nitrogens with zero attached hydrogens (tertiary/aromatic N) is 2. The Morgan fingerprint density at radius 1 is 1.25 bits per heavy atom. The maximum atomic E-state index is 15.2. The van der Waals surface area contributed by atoms with Crippen LogP contribution in [0.1, 0.15) is 32.6 Å². The van der Waals surface area contributed by atoms with E-state index < -0.39 is 17.7 Å². The van der Waals surface area contributed by atoms with Crippen molar-refractivity contribution in [2.45, 2.75) is 44.7 Å². The van der Waals surface area contributed by atoms with Gasteiger partial charge in [0.2, 0.25) is 0 Å². The van der Waals surface area contributed by atoms with Gasteiger partial charge in [0.25, 0.3) is 5.91 Å². The Hall–Kier alpha value is -2.15. The molecule has 0 radical (unpaired) electrons. The number of halogens is 1. The van der Waals surface area contributed by atoms with E-state index in [-0.39, 0.29) is 17.5 Å². The Morgan fingerprint density at radius 2 is 2.04 bits per heavy atom. The summed E-state index contributed by atoms with van der Waals surface area (Å²) in [6.07, 6.45) is 7.25. The molecule has 0 spiro atoms. The van der Waals surface area contributed by atoms with Crippen LogP contribution >= 0.6 is 0 Å². The van der Waals surface area contributed by atoms with Crippen LogP contribution in [-0.4, -0.2) is 58.5 Å². The molecule has 6 nitrogen and oxygen atoms in total. The van der Waals surface area contributed by atoms with Gasteiger partial charge in [0, 0.05) is 31.2 Å². The van der Waals surface area contributed by atoms with Crippen molar-refractivity contribution < 1.29 is 19.1 Å². The minimum atomic E-state index is -1.23. The van der Waals surface area contributed by atoms with E-state index in [9.17, 15) is 14.7 Å². The van der Waals surface area contributed by atoms with E-state index in [0.717, 1.165) is 50.9 Å². The number of amides is 1. The van der Waals surface area contributed by atoms with E-state index in [1.54, 1.807) is 6.08 Å². The quantitative estimate of drug-likeness (QED) is 0.725. The number of carbonyl (C=O) groups excluding carboxylic acids is 1. The fraction of sp³-hybridized carbons (Fsp3) is 0.619. The highest BCUT2D eigenvalue weighted by atomic mass is 19.1. The molecule has 28 heavy (non-hydrogen) atoms. The maximum Gasteiger partial charge on any atom is 0.341 e. The van der Waals surface area contributed by atoms with Gasteiger partial charge in [-0.3, -0.25) is 4.79 Å². The molecule has 1 amide bonds. The van der Waals surface area contributed by atoms with Gasteiger partial charge in [-0.2, -0.15) is 0 Å². The van der Waals surface area contributed by atoms with Gasteiger partial charge in [0.05, 0.1) is 11.7 Å². The summed E-state index contributed by atoms with van der Waals surface area (Å²) in [5.41, 5.74) is 1.23. The summed E-state index contributed by atoms with van der Waals surface area (Å²) in [7, 11) is 0. The first-order valence-corrected chi connectivity index (χ1v) is 10.3. The van der Waals surface area contributed by atoms with Gasteiger partial charge in [-0.05, 0) is 56.6 Å². The monoisotopic (exact) mass is 387 g/mol. The third-order valence-electron chi connectivity index (χ3n) is 7.10. The van der Waals surface area contributed by atoms with Crippen LogP contribution in [0.4, 0.5) is 4.39 Å². The zero-order chi connectivity index (χ0) is 19.6. The summed E-state index contributed by atoms with van der Waals surface area (Å²) in [4.78, 5) is 27.8. The van der Waals surface area contributed by atoms with Crippen LogP contribution in [0, 0.1) is 17.8 Å². The molecule has 4 atom stereocenters. The predicted octanol–water partition coefficient (Wildman–Crippen LogP) is 2.02. The van der Waals surface area contributed by atoms with Crippen LogP contribution < -0.4 is 5.32 Å². The predicted molar refractivity (Wildman–Crippen MR) is 101 cm³/mol. The lowest BCUT2D eigenvalue weighted by Crippen LogP contribution is -2.50. The third kappa shape index (κ3) is 2.70. The van der Waals surface area contributed by atoms with Crippen molar-refractivity contribution in [3.8, 4) is 0 Å². The molecule has 2 N–H and O–H groups in total. The fourth-order valence-electron chi connectivity index (χ4n) is 5.62. The molecule has 2 saturated heterocycles. The standard InChI is InChI=1S/C21H26FN3O3/c1-11-18-14(12-4-5-12)7-15(21(27)28)20(26)25(18)9-16(22)19(11)24-8-13-3-2-6-23-17(13)10-24/h7,9,12-14,17-18,23H,2-6,8,10H2,1H3,(H,27,28)/t13-,14?,17+,18?/m1/s1. The van der Waals surface area contributed by atoms with Gasteiger partial charge in [-0.1, -0.05) is 6.08 Å². The van der Waals surface area contributed by atoms with E-state index in [1.165, 1.54) is 11.1 Å². The molecule has 150 valence electrons. The number of hydrogen-bond donors (Lipinski definition) is 2. The van der Waals surface area contributed by atoms with E-state index in [4.69, 9.17) is 0 Å². The van der Waals surface area contributed by atoms with Gasteiger partial charge in [0.1, 0.15) is 5.57 Å². The molecular weight excluding hydrogens is 361 g/mol. The Labute approximate surface area is 163 Å². The molecule has 4 heterocycles. The van der Waals surface area contributed by atoms with Gasteiger partial charge in [-0.25, -0.2) is 9.18 Å². The summed E-state index contributed by atoms with van der Waals surface area (Å²) in [6.45, 7) is 4.54. The molecule has 3 fully saturated rings. The summed E-state index contributed by atoms with van der Waals surface area (Å²) in [5, 5.41) is 13.0. The number of rotatable bonds is 3. The number of carboxylic acid groups (broad SMARTS) is 1. The first-order valence-electron chi connectivity index (χ1n) is 10.3. The van der Waals surface area contributed by atoms with Crippen molar-refractivity contribution in [3.05, 3.63) is 34.9 Å². The summed E-state index contributed by atoms with van der Waals surface area (Å²) < 4.78 is 15.2. The molecule has 4 aliphatic heterocycles. The highest BCUT2D eigenvalue weighted by Gasteiger charge is 2.49. The molecule has 7 heteroatoms. The molecule has 0 aromatic heterocycles. The lowest BCUT2D eigenvalue weighted by Gasteiger charge is -2.43. The number of carboxylic acids is 1. The molecule has 0 aromatic rings. The van der Waals surface area contributed by atoms with Crippen molar-refractivity contribution in [2.24, 2.45) is 17.8 Å². The van der Waals surface area contributed by atoms with Gasteiger partial charge in [-0.15, -0.1) is 0 Å². The van der Waals surface area contributed by atoms with Crippen LogP contribution in [0.3, 0.4) is 0 Å². The van der Waals surface area contributed by atoms with Crippen LogP contribution in [-0.2, 0) is 9.59 Å². The second-order valence-electron chi connectivity index (χ2n) is 8.83. The Balaban J connectivity index is 1.52. The summed E-state index contributed by atoms with van der Waals surface area (Å²) >= 11 is 0. The number of aliphatic carboxylic acids is 1. The molecule has 0 aromatic carbocycles. The van der Waals surface area contributed by atoms with E-state index >= 15 is 4.39 Å². The normalized spacial score (nSPS) is 35.4. The number of piperidine rings is 1. The second kappa shape index (κ2) is 6.44. The van der Waals surface area contributed by atoms with Crippen molar-refractivity contribution in [3.63, 3.8) is 0 Å². The summed E-state index contributed by atoms with van der Waals surface area (Å²) in [6, 6.07) is 0.110. The highest BCUT2D eigenvalue weighted by Crippen LogP contribution is 2.48. The van der Waals surface area contributed by atoms with Gasteiger partial charge < -0.3 is 20.2 Å². The number of likely N-dealkylation sites (tertiary alicyclic amines) is 1. The largest absolute Gasteiger partial charge is 0.478 e. The van der Waals surface area contributed by atoms with Gasteiger partial charge >= 0.3 is 5.97 Å². The fourth-order valence-corrected chi connectivity index (χ4v) is 5.62. The molecule has 5 rings (SSSR count).